The lowest BCUT2D eigenvalue weighted by Crippen LogP contribution is -2.58. The molecule has 6 nitrogen and oxygen atoms in total. The summed E-state index contributed by atoms with van der Waals surface area (Å²) in [5.41, 5.74) is 0.00916. The Morgan fingerprint density at radius 1 is 0.971 bits per heavy atom. The van der Waals surface area contributed by atoms with Crippen LogP contribution in [-0.4, -0.2) is 37.2 Å². The smallest absolute Gasteiger partial charge is 0.305 e. The van der Waals surface area contributed by atoms with Crippen molar-refractivity contribution in [2.24, 2.45) is 46.3 Å². The Hall–Kier alpha value is -1.85. The fourth-order valence-corrected chi connectivity index (χ4v) is 8.85. The molecule has 0 radical (unpaired) electrons. The second-order valence-corrected chi connectivity index (χ2v) is 12.3. The number of methoxy groups -OCH3 is 1. The van der Waals surface area contributed by atoms with Crippen molar-refractivity contribution in [2.75, 3.05) is 7.11 Å². The Balaban J connectivity index is 1.61. The van der Waals surface area contributed by atoms with Gasteiger partial charge in [0.05, 0.1) is 7.11 Å². The van der Waals surface area contributed by atoms with Crippen molar-refractivity contribution in [1.82, 2.24) is 0 Å². The average Bonchev–Trinajstić information content (AvgIpc) is 3.16. The van der Waals surface area contributed by atoms with Gasteiger partial charge < -0.3 is 14.2 Å². The van der Waals surface area contributed by atoms with Crippen LogP contribution in [0.2, 0.25) is 0 Å². The standard InChI is InChI=1S/C29H44O6/c1-17(7-12-27(32)33-6)23-10-11-24-22-9-8-20-15-21(34-18(2)30)13-14-28(20,4)25(22)16-26(29(23,24)5)35-19(3)31/h8-9,17,20-26H,7,10-16H2,1-6H3/t17-,20+,21+,22+,23+,24-,25+,26-,28-,29+/m0/s1. The van der Waals surface area contributed by atoms with Gasteiger partial charge >= 0.3 is 17.9 Å². The van der Waals surface area contributed by atoms with Crippen LogP contribution in [0.5, 0.6) is 0 Å². The zero-order valence-electron chi connectivity index (χ0n) is 22.4. The van der Waals surface area contributed by atoms with E-state index in [1.807, 2.05) is 0 Å². The molecule has 0 aliphatic heterocycles. The van der Waals surface area contributed by atoms with E-state index in [1.54, 1.807) is 0 Å². The first kappa shape index (κ1) is 26.2. The molecular formula is C29H44O6. The maximum atomic E-state index is 12.3. The van der Waals surface area contributed by atoms with Crippen molar-refractivity contribution in [3.05, 3.63) is 12.2 Å². The first-order valence-corrected chi connectivity index (χ1v) is 13.6. The molecule has 0 saturated heterocycles. The van der Waals surface area contributed by atoms with E-state index in [0.717, 1.165) is 44.9 Å². The molecule has 3 fully saturated rings. The van der Waals surface area contributed by atoms with Crippen molar-refractivity contribution in [2.45, 2.75) is 98.2 Å². The van der Waals surface area contributed by atoms with Gasteiger partial charge in [-0.25, -0.2) is 0 Å². The third-order valence-corrected chi connectivity index (χ3v) is 10.6. The minimum atomic E-state index is -0.201. The van der Waals surface area contributed by atoms with Crippen LogP contribution in [-0.2, 0) is 28.6 Å². The monoisotopic (exact) mass is 488 g/mol. The summed E-state index contributed by atoms with van der Waals surface area (Å²) >= 11 is 0. The van der Waals surface area contributed by atoms with Crippen LogP contribution in [0.25, 0.3) is 0 Å². The van der Waals surface area contributed by atoms with E-state index in [9.17, 15) is 14.4 Å². The quantitative estimate of drug-likeness (QED) is 0.280. The van der Waals surface area contributed by atoms with Crippen LogP contribution in [0.15, 0.2) is 12.2 Å². The molecule has 0 aromatic carbocycles. The van der Waals surface area contributed by atoms with Crippen molar-refractivity contribution in [1.29, 1.82) is 0 Å². The summed E-state index contributed by atoms with van der Waals surface area (Å²) in [5, 5.41) is 0. The summed E-state index contributed by atoms with van der Waals surface area (Å²) < 4.78 is 16.6. The summed E-state index contributed by atoms with van der Waals surface area (Å²) in [6.07, 6.45) is 11.9. The number of esters is 3. The predicted molar refractivity (Wildman–Crippen MR) is 132 cm³/mol. The average molecular weight is 489 g/mol. The van der Waals surface area contributed by atoms with Crippen LogP contribution < -0.4 is 0 Å². The van der Waals surface area contributed by atoms with Gasteiger partial charge in [-0.2, -0.15) is 0 Å². The molecule has 0 aromatic heterocycles. The van der Waals surface area contributed by atoms with Gasteiger partial charge in [0.1, 0.15) is 12.2 Å². The number of fused-ring (bicyclic) bond motifs is 5. The summed E-state index contributed by atoms with van der Waals surface area (Å²) in [4.78, 5) is 35.7. The second-order valence-electron chi connectivity index (χ2n) is 12.3. The molecule has 0 N–H and O–H groups in total. The minimum absolute atomic E-state index is 0.00332. The molecule has 0 aromatic rings. The van der Waals surface area contributed by atoms with Crippen molar-refractivity contribution < 1.29 is 28.6 Å². The fourth-order valence-electron chi connectivity index (χ4n) is 8.85. The van der Waals surface area contributed by atoms with Gasteiger partial charge in [0.2, 0.25) is 0 Å². The molecule has 0 unspecified atom stereocenters. The second kappa shape index (κ2) is 9.89. The number of carbonyl (C=O) groups excluding carboxylic acids is 3. The molecule has 0 spiro atoms. The number of carbonyl (C=O) groups is 3. The normalized spacial score (nSPS) is 42.7. The number of ether oxygens (including phenoxy) is 3. The van der Waals surface area contributed by atoms with E-state index < -0.39 is 0 Å². The Morgan fingerprint density at radius 2 is 1.69 bits per heavy atom. The zero-order chi connectivity index (χ0) is 25.5. The van der Waals surface area contributed by atoms with Gasteiger partial charge in [-0.3, -0.25) is 14.4 Å². The summed E-state index contributed by atoms with van der Waals surface area (Å²) in [7, 11) is 1.45. The topological polar surface area (TPSA) is 78.9 Å². The molecule has 4 aliphatic carbocycles. The maximum Gasteiger partial charge on any atom is 0.305 e. The first-order valence-electron chi connectivity index (χ1n) is 13.6. The van der Waals surface area contributed by atoms with E-state index in [2.05, 4.69) is 32.9 Å². The van der Waals surface area contributed by atoms with E-state index in [0.29, 0.717) is 41.9 Å². The number of hydrogen-bond acceptors (Lipinski definition) is 6. The van der Waals surface area contributed by atoms with E-state index in [4.69, 9.17) is 14.2 Å². The molecule has 0 bridgehead atoms. The molecule has 0 heterocycles. The van der Waals surface area contributed by atoms with E-state index in [-0.39, 0.29) is 40.9 Å². The Labute approximate surface area is 210 Å². The molecule has 4 rings (SSSR count). The highest BCUT2D eigenvalue weighted by Crippen LogP contribution is 2.67. The van der Waals surface area contributed by atoms with Crippen molar-refractivity contribution in [3.8, 4) is 0 Å². The largest absolute Gasteiger partial charge is 0.469 e. The van der Waals surface area contributed by atoms with Crippen molar-refractivity contribution in [3.63, 3.8) is 0 Å². The zero-order valence-corrected chi connectivity index (χ0v) is 22.4. The van der Waals surface area contributed by atoms with Crippen LogP contribution in [0, 0.1) is 46.3 Å². The first-order chi connectivity index (χ1) is 16.5. The highest BCUT2D eigenvalue weighted by Gasteiger charge is 2.64. The van der Waals surface area contributed by atoms with E-state index >= 15 is 0 Å². The number of rotatable bonds is 6. The van der Waals surface area contributed by atoms with Crippen molar-refractivity contribution >= 4 is 17.9 Å². The predicted octanol–water partition coefficient (Wildman–Crippen LogP) is 5.48. The van der Waals surface area contributed by atoms with Gasteiger partial charge in [0.15, 0.2) is 0 Å². The third kappa shape index (κ3) is 4.67. The summed E-state index contributed by atoms with van der Waals surface area (Å²) in [5.74, 6) is 1.95. The lowest BCUT2D eigenvalue weighted by molar-refractivity contribution is -0.183. The third-order valence-electron chi connectivity index (χ3n) is 10.6. The molecule has 35 heavy (non-hydrogen) atoms. The Morgan fingerprint density at radius 3 is 2.34 bits per heavy atom. The summed E-state index contributed by atoms with van der Waals surface area (Å²) in [6.45, 7) is 10.1. The van der Waals surface area contributed by atoms with Gasteiger partial charge in [-0.05, 0) is 85.9 Å². The molecule has 3 saturated carbocycles. The van der Waals surface area contributed by atoms with Gasteiger partial charge in [-0.1, -0.05) is 32.9 Å². The molecule has 196 valence electrons. The molecular weight excluding hydrogens is 444 g/mol. The molecule has 0 amide bonds. The number of allylic oxidation sites excluding steroid dienone is 2. The lowest BCUT2D eigenvalue weighted by Gasteiger charge is -2.61. The van der Waals surface area contributed by atoms with Crippen LogP contribution in [0.1, 0.15) is 86.0 Å². The molecule has 6 heteroatoms. The van der Waals surface area contributed by atoms with Crippen LogP contribution in [0.3, 0.4) is 0 Å². The van der Waals surface area contributed by atoms with Gasteiger partial charge in [-0.15, -0.1) is 0 Å². The highest BCUT2D eigenvalue weighted by molar-refractivity contribution is 5.69. The maximum absolute atomic E-state index is 12.3. The number of hydrogen-bond donors (Lipinski definition) is 0. The molecule has 10 atom stereocenters. The van der Waals surface area contributed by atoms with Crippen LogP contribution in [0.4, 0.5) is 0 Å². The Bertz CT molecular complexity index is 865. The highest BCUT2D eigenvalue weighted by atomic mass is 16.5. The SMILES string of the molecule is COC(=O)CC[C@H](C)[C@H]1CC[C@H]2[C@H]3C=C[C@@H]4C[C@H](OC(C)=O)CC[C@]4(C)[C@@H]3C[C@H](OC(C)=O)[C@]12C. The Kier molecular flexibility index (Phi) is 7.41. The van der Waals surface area contributed by atoms with Crippen LogP contribution >= 0.6 is 0 Å². The minimum Gasteiger partial charge on any atom is -0.469 e. The van der Waals surface area contributed by atoms with Gasteiger partial charge in [0.25, 0.3) is 0 Å². The summed E-state index contributed by atoms with van der Waals surface area (Å²) in [6, 6.07) is 0. The van der Waals surface area contributed by atoms with E-state index in [1.165, 1.54) is 21.0 Å². The lowest BCUT2D eigenvalue weighted by atomic mass is 9.45. The van der Waals surface area contributed by atoms with Gasteiger partial charge in [0, 0.05) is 25.7 Å². The fraction of sp³-hybridized carbons (Fsp3) is 0.828. The molecule has 4 aliphatic rings.